The molecule has 1 aliphatic heterocycles. The lowest BCUT2D eigenvalue weighted by molar-refractivity contribution is 0.0700. The third-order valence-electron chi connectivity index (χ3n) is 9.36. The standard InChI is InChI=1S/C32H34N8O2/c1-38-29-23(12-21(14-26(29)42-2)32(41)40-17-20-7-9-24(40)28(20)33)36-31(38)25-13-19-8-10-27(35-22-4-3-11-34-15-22)37-30(19)39(25)16-18-5-6-18/h3-4,8,10-15,18,20,24,28H,5-7,9,16-17,33H2,1-2H3,(H,35,37)/t20?,24?,28-/m1/s1. The summed E-state index contributed by atoms with van der Waals surface area (Å²) in [6.45, 7) is 1.61. The second kappa shape index (κ2) is 9.55. The molecule has 10 nitrogen and oxygen atoms in total. The zero-order chi connectivity index (χ0) is 28.5. The highest BCUT2D eigenvalue weighted by molar-refractivity contribution is 6.00. The predicted molar refractivity (Wildman–Crippen MR) is 162 cm³/mol. The molecule has 2 bridgehead atoms. The van der Waals surface area contributed by atoms with Gasteiger partial charge in [0.05, 0.1) is 30.2 Å². The van der Waals surface area contributed by atoms with Gasteiger partial charge in [-0.05, 0) is 80.0 Å². The molecule has 3 atom stereocenters. The fourth-order valence-electron chi connectivity index (χ4n) is 6.98. The Hall–Kier alpha value is -4.44. The fourth-order valence-corrected chi connectivity index (χ4v) is 6.98. The number of carbonyl (C=O) groups excluding carboxylic acids is 1. The van der Waals surface area contributed by atoms with Gasteiger partial charge in [-0.1, -0.05) is 0 Å². The molecule has 5 aromatic rings. The van der Waals surface area contributed by atoms with Crippen LogP contribution in [0.15, 0.2) is 54.9 Å². The summed E-state index contributed by atoms with van der Waals surface area (Å²) in [6, 6.07) is 14.1. The first-order valence-corrected chi connectivity index (χ1v) is 14.8. The number of hydrogen-bond acceptors (Lipinski definition) is 7. The molecule has 214 valence electrons. The Labute approximate surface area is 243 Å². The van der Waals surface area contributed by atoms with Crippen molar-refractivity contribution in [3.8, 4) is 17.3 Å². The fraction of sp³-hybridized carbons (Fsp3) is 0.375. The van der Waals surface area contributed by atoms with Gasteiger partial charge < -0.3 is 29.8 Å². The van der Waals surface area contributed by atoms with E-state index >= 15 is 0 Å². The minimum absolute atomic E-state index is 0.00532. The van der Waals surface area contributed by atoms with Crippen molar-refractivity contribution in [3.63, 3.8) is 0 Å². The number of aromatic nitrogens is 5. The quantitative estimate of drug-likeness (QED) is 0.295. The van der Waals surface area contributed by atoms with Crippen molar-refractivity contribution >= 4 is 39.5 Å². The minimum Gasteiger partial charge on any atom is -0.494 e. The summed E-state index contributed by atoms with van der Waals surface area (Å²) in [5, 5.41) is 4.43. The summed E-state index contributed by atoms with van der Waals surface area (Å²) in [5.74, 6) is 3.25. The Morgan fingerprint density at radius 2 is 2.00 bits per heavy atom. The summed E-state index contributed by atoms with van der Waals surface area (Å²) in [6.07, 6.45) is 8.06. The van der Waals surface area contributed by atoms with Gasteiger partial charge >= 0.3 is 0 Å². The van der Waals surface area contributed by atoms with Crippen LogP contribution in [0.5, 0.6) is 5.75 Å². The van der Waals surface area contributed by atoms with Crippen molar-refractivity contribution in [1.82, 2.24) is 29.0 Å². The van der Waals surface area contributed by atoms with Gasteiger partial charge in [-0.25, -0.2) is 9.97 Å². The smallest absolute Gasteiger partial charge is 0.254 e. The maximum atomic E-state index is 13.7. The number of ether oxygens (including phenoxy) is 1. The summed E-state index contributed by atoms with van der Waals surface area (Å²) >= 11 is 0. The number of imidazole rings is 1. The molecule has 8 rings (SSSR count). The molecule has 2 aliphatic carbocycles. The highest BCUT2D eigenvalue weighted by Crippen LogP contribution is 2.40. The van der Waals surface area contributed by atoms with E-state index in [4.69, 9.17) is 20.4 Å². The summed E-state index contributed by atoms with van der Waals surface area (Å²) < 4.78 is 10.2. The molecule has 1 amide bonds. The number of piperidine rings is 1. The van der Waals surface area contributed by atoms with Crippen LogP contribution in [0.2, 0.25) is 0 Å². The number of amides is 1. The second-order valence-electron chi connectivity index (χ2n) is 12.0. The number of aryl methyl sites for hydroxylation is 1. The average Bonchev–Trinajstić information content (AvgIpc) is 3.42. The number of nitrogens with two attached hydrogens (primary N) is 1. The molecule has 3 fully saturated rings. The number of fused-ring (bicyclic) bond motifs is 4. The predicted octanol–water partition coefficient (Wildman–Crippen LogP) is 4.71. The molecule has 2 unspecified atom stereocenters. The Kier molecular flexibility index (Phi) is 5.75. The average molecular weight is 563 g/mol. The SMILES string of the molecule is COc1cc(C(=O)N2CC3CCC2[C@@H]3N)cc2nc(-c3cc4ccc(Nc5cccnc5)nc4n3CC3CC3)n(C)c12. The molecule has 5 heterocycles. The number of carbonyl (C=O) groups is 1. The number of anilines is 2. The minimum atomic E-state index is 0.00532. The van der Waals surface area contributed by atoms with Crippen LogP contribution in [0.25, 0.3) is 33.6 Å². The van der Waals surface area contributed by atoms with Crippen molar-refractivity contribution < 1.29 is 9.53 Å². The van der Waals surface area contributed by atoms with E-state index < -0.39 is 0 Å². The Morgan fingerprint density at radius 3 is 2.71 bits per heavy atom. The van der Waals surface area contributed by atoms with Crippen LogP contribution in [-0.2, 0) is 13.6 Å². The second-order valence-corrected chi connectivity index (χ2v) is 12.0. The monoisotopic (exact) mass is 562 g/mol. The van der Waals surface area contributed by atoms with Crippen LogP contribution in [0.3, 0.4) is 0 Å². The number of likely N-dealkylation sites (tertiary alicyclic amines) is 1. The van der Waals surface area contributed by atoms with Gasteiger partial charge in [0, 0.05) is 49.4 Å². The van der Waals surface area contributed by atoms with Gasteiger partial charge in [-0.2, -0.15) is 0 Å². The van der Waals surface area contributed by atoms with Crippen LogP contribution in [0.4, 0.5) is 11.5 Å². The van der Waals surface area contributed by atoms with E-state index in [1.165, 1.54) is 12.8 Å². The third kappa shape index (κ3) is 4.04. The molecule has 2 saturated carbocycles. The third-order valence-corrected chi connectivity index (χ3v) is 9.36. The van der Waals surface area contributed by atoms with Gasteiger partial charge in [0.25, 0.3) is 5.91 Å². The molecule has 1 aromatic carbocycles. The van der Waals surface area contributed by atoms with Gasteiger partial charge in [-0.3, -0.25) is 9.78 Å². The van der Waals surface area contributed by atoms with Crippen LogP contribution < -0.4 is 15.8 Å². The van der Waals surface area contributed by atoms with E-state index in [2.05, 4.69) is 31.6 Å². The largest absolute Gasteiger partial charge is 0.494 e. The van der Waals surface area contributed by atoms with Crippen LogP contribution >= 0.6 is 0 Å². The number of rotatable bonds is 7. The molecule has 42 heavy (non-hydrogen) atoms. The Balaban J connectivity index is 1.21. The lowest BCUT2D eigenvalue weighted by atomic mass is 10.1. The van der Waals surface area contributed by atoms with Gasteiger partial charge in [0.1, 0.15) is 22.7 Å². The normalized spacial score (nSPS) is 21.5. The van der Waals surface area contributed by atoms with Crippen molar-refractivity contribution in [2.24, 2.45) is 24.6 Å². The first-order valence-electron chi connectivity index (χ1n) is 14.8. The summed E-state index contributed by atoms with van der Waals surface area (Å²) in [7, 11) is 3.66. The first kappa shape index (κ1) is 25.3. The van der Waals surface area contributed by atoms with Gasteiger partial charge in [-0.15, -0.1) is 0 Å². The van der Waals surface area contributed by atoms with E-state index in [-0.39, 0.29) is 18.0 Å². The summed E-state index contributed by atoms with van der Waals surface area (Å²) in [4.78, 5) is 30.0. The lowest BCUT2D eigenvalue weighted by Crippen LogP contribution is -2.41. The van der Waals surface area contributed by atoms with E-state index in [1.807, 2.05) is 42.3 Å². The van der Waals surface area contributed by atoms with Crippen molar-refractivity contribution in [1.29, 1.82) is 0 Å². The van der Waals surface area contributed by atoms with E-state index in [0.29, 0.717) is 23.1 Å². The molecular formula is C32H34N8O2. The molecular weight excluding hydrogens is 528 g/mol. The number of benzene rings is 1. The van der Waals surface area contributed by atoms with Crippen LogP contribution in [-0.4, -0.2) is 60.6 Å². The first-order chi connectivity index (χ1) is 20.5. The molecule has 10 heteroatoms. The van der Waals surface area contributed by atoms with Gasteiger partial charge in [0.15, 0.2) is 5.82 Å². The zero-order valence-electron chi connectivity index (χ0n) is 23.8. The zero-order valence-corrected chi connectivity index (χ0v) is 23.8. The van der Waals surface area contributed by atoms with Gasteiger partial charge in [0.2, 0.25) is 0 Å². The number of pyridine rings is 2. The number of nitrogens with zero attached hydrogens (tertiary/aromatic N) is 6. The highest BCUT2D eigenvalue weighted by Gasteiger charge is 2.47. The Morgan fingerprint density at radius 1 is 1.12 bits per heavy atom. The van der Waals surface area contributed by atoms with E-state index in [0.717, 1.165) is 71.0 Å². The summed E-state index contributed by atoms with van der Waals surface area (Å²) in [5.41, 5.74) is 11.4. The molecule has 0 spiro atoms. The van der Waals surface area contributed by atoms with Crippen molar-refractivity contribution in [2.75, 3.05) is 19.0 Å². The maximum Gasteiger partial charge on any atom is 0.254 e. The molecule has 3 aliphatic rings. The molecule has 4 aromatic heterocycles. The number of methoxy groups -OCH3 is 1. The number of hydrogen-bond donors (Lipinski definition) is 2. The van der Waals surface area contributed by atoms with Crippen LogP contribution in [0.1, 0.15) is 36.0 Å². The van der Waals surface area contributed by atoms with Crippen molar-refractivity contribution in [3.05, 3.63) is 60.4 Å². The topological polar surface area (TPSA) is 116 Å². The van der Waals surface area contributed by atoms with Crippen molar-refractivity contribution in [2.45, 2.75) is 44.3 Å². The highest BCUT2D eigenvalue weighted by atomic mass is 16.5. The number of nitrogens with one attached hydrogen (secondary N) is 1. The van der Waals surface area contributed by atoms with Crippen LogP contribution in [0, 0.1) is 11.8 Å². The molecule has 1 saturated heterocycles. The maximum absolute atomic E-state index is 13.7. The van der Waals surface area contributed by atoms with E-state index in [1.54, 1.807) is 19.5 Å². The molecule has 3 N–H and O–H groups in total. The lowest BCUT2D eigenvalue weighted by Gasteiger charge is -2.27. The van der Waals surface area contributed by atoms with E-state index in [9.17, 15) is 4.79 Å². The Bertz CT molecular complexity index is 1840. The molecule has 0 radical (unpaired) electrons.